The van der Waals surface area contributed by atoms with Crippen molar-refractivity contribution in [2.45, 2.75) is 31.1 Å². The lowest BCUT2D eigenvalue weighted by atomic mass is 10.0. The molecule has 0 fully saturated rings. The molecule has 0 bridgehead atoms. The first-order valence-corrected chi connectivity index (χ1v) is 10.5. The summed E-state index contributed by atoms with van der Waals surface area (Å²) in [6.45, 7) is 2.67. The summed E-state index contributed by atoms with van der Waals surface area (Å²) < 4.78 is 33.0. The van der Waals surface area contributed by atoms with E-state index in [1.165, 1.54) is 19.2 Å². The van der Waals surface area contributed by atoms with Gasteiger partial charge in [0.15, 0.2) is 0 Å². The predicted octanol–water partition coefficient (Wildman–Crippen LogP) is 3.84. The second-order valence-electron chi connectivity index (χ2n) is 6.29. The zero-order valence-corrected chi connectivity index (χ0v) is 16.7. The highest BCUT2D eigenvalue weighted by molar-refractivity contribution is 7.92. The van der Waals surface area contributed by atoms with Crippen LogP contribution < -0.4 is 14.4 Å². The third kappa shape index (κ3) is 4.04. The van der Waals surface area contributed by atoms with Crippen LogP contribution in [-0.4, -0.2) is 28.0 Å². The maximum absolute atomic E-state index is 12.7. The summed E-state index contributed by atoms with van der Waals surface area (Å²) >= 11 is 6.10. The number of ether oxygens (including phenoxy) is 1. The molecule has 0 saturated heterocycles. The number of fused-ring (bicyclic) bond motifs is 1. The number of carbonyl (C=O) groups excluding carboxylic acids is 1. The molecule has 27 heavy (non-hydrogen) atoms. The molecule has 0 unspecified atom stereocenters. The molecule has 1 amide bonds. The number of carbonyl (C=O) groups is 1. The lowest BCUT2D eigenvalue weighted by Crippen LogP contribution is -2.35. The van der Waals surface area contributed by atoms with E-state index >= 15 is 0 Å². The van der Waals surface area contributed by atoms with E-state index in [9.17, 15) is 13.2 Å². The third-order valence-electron chi connectivity index (χ3n) is 4.41. The molecule has 0 radical (unpaired) electrons. The molecule has 2 aromatic rings. The maximum atomic E-state index is 12.7. The number of hydrogen-bond donors (Lipinski definition) is 1. The van der Waals surface area contributed by atoms with Gasteiger partial charge in [0.25, 0.3) is 10.0 Å². The molecule has 1 N–H and O–H groups in total. The number of nitrogens with one attached hydrogen (secondary N) is 1. The van der Waals surface area contributed by atoms with E-state index < -0.39 is 10.0 Å². The number of anilines is 2. The smallest absolute Gasteiger partial charge is 0.263 e. The Labute approximate surface area is 164 Å². The van der Waals surface area contributed by atoms with Crippen molar-refractivity contribution in [1.82, 2.24) is 0 Å². The van der Waals surface area contributed by atoms with E-state index in [1.807, 2.05) is 6.92 Å². The van der Waals surface area contributed by atoms with E-state index in [2.05, 4.69) is 4.72 Å². The highest BCUT2D eigenvalue weighted by Crippen LogP contribution is 2.32. The minimum atomic E-state index is -3.85. The minimum Gasteiger partial charge on any atom is -0.497 e. The van der Waals surface area contributed by atoms with Crippen LogP contribution in [0.15, 0.2) is 41.3 Å². The molecule has 3 rings (SSSR count). The second kappa shape index (κ2) is 7.78. The number of nitrogens with zero attached hydrogens (tertiary/aromatic N) is 1. The Morgan fingerprint density at radius 2 is 1.96 bits per heavy atom. The molecule has 144 valence electrons. The monoisotopic (exact) mass is 408 g/mol. The summed E-state index contributed by atoms with van der Waals surface area (Å²) in [5.41, 5.74) is 2.23. The van der Waals surface area contributed by atoms with Gasteiger partial charge >= 0.3 is 0 Å². The normalized spacial score (nSPS) is 14.0. The molecule has 0 aliphatic carbocycles. The number of rotatable bonds is 6. The Morgan fingerprint density at radius 1 is 1.19 bits per heavy atom. The highest BCUT2D eigenvalue weighted by atomic mass is 35.5. The summed E-state index contributed by atoms with van der Waals surface area (Å²) in [5.74, 6) is 0.580. The van der Waals surface area contributed by atoms with Gasteiger partial charge in [-0.1, -0.05) is 18.5 Å². The summed E-state index contributed by atoms with van der Waals surface area (Å²) in [6.07, 6.45) is 1.87. The van der Waals surface area contributed by atoms with Crippen molar-refractivity contribution < 1.29 is 17.9 Å². The van der Waals surface area contributed by atoms with Crippen LogP contribution in [0.2, 0.25) is 5.02 Å². The van der Waals surface area contributed by atoms with Gasteiger partial charge in [-0.05, 0) is 48.7 Å². The summed E-state index contributed by atoms with van der Waals surface area (Å²) in [7, 11) is -2.36. The predicted molar refractivity (Wildman–Crippen MR) is 106 cm³/mol. The Hall–Kier alpha value is -2.25. The minimum absolute atomic E-state index is 0.0227. The zero-order valence-electron chi connectivity index (χ0n) is 15.2. The standard InChI is InChI=1S/C19H21ClN2O4S/c1-3-10-22-17-7-5-14(11-13(17)4-9-19(22)23)21-27(24,25)18-8-6-15(26-2)12-16(18)20/h5-8,11-12,21H,3-4,9-10H2,1-2H3. The maximum Gasteiger partial charge on any atom is 0.263 e. The SMILES string of the molecule is CCCN1C(=O)CCc2cc(NS(=O)(=O)c3ccc(OC)cc3Cl)ccc21. The highest BCUT2D eigenvalue weighted by Gasteiger charge is 2.25. The topological polar surface area (TPSA) is 75.7 Å². The van der Waals surface area contributed by atoms with Gasteiger partial charge in [-0.3, -0.25) is 9.52 Å². The fourth-order valence-electron chi connectivity index (χ4n) is 3.13. The third-order valence-corrected chi connectivity index (χ3v) is 6.27. The number of sulfonamides is 1. The molecular formula is C19H21ClN2O4S. The van der Waals surface area contributed by atoms with Gasteiger partial charge in [-0.25, -0.2) is 8.42 Å². The Balaban J connectivity index is 1.89. The van der Waals surface area contributed by atoms with E-state index in [0.29, 0.717) is 30.8 Å². The average Bonchev–Trinajstić information content (AvgIpc) is 2.63. The van der Waals surface area contributed by atoms with Gasteiger partial charge in [-0.15, -0.1) is 0 Å². The van der Waals surface area contributed by atoms with Crippen LogP contribution >= 0.6 is 11.6 Å². The van der Waals surface area contributed by atoms with Gasteiger partial charge < -0.3 is 9.64 Å². The van der Waals surface area contributed by atoms with Crippen molar-refractivity contribution in [3.63, 3.8) is 0 Å². The van der Waals surface area contributed by atoms with Crippen LogP contribution in [0.1, 0.15) is 25.3 Å². The molecule has 2 aromatic carbocycles. The second-order valence-corrected chi connectivity index (χ2v) is 8.35. The van der Waals surface area contributed by atoms with Crippen molar-refractivity contribution in [2.75, 3.05) is 23.3 Å². The largest absolute Gasteiger partial charge is 0.497 e. The lowest BCUT2D eigenvalue weighted by molar-refractivity contribution is -0.118. The van der Waals surface area contributed by atoms with Crippen molar-refractivity contribution in [2.24, 2.45) is 0 Å². The van der Waals surface area contributed by atoms with Crippen molar-refractivity contribution in [3.8, 4) is 5.75 Å². The summed E-state index contributed by atoms with van der Waals surface area (Å²) in [4.78, 5) is 13.9. The van der Waals surface area contributed by atoms with E-state index in [1.54, 1.807) is 29.2 Å². The van der Waals surface area contributed by atoms with Gasteiger partial charge in [0.05, 0.1) is 12.1 Å². The zero-order chi connectivity index (χ0) is 19.6. The molecule has 0 saturated carbocycles. The molecular weight excluding hydrogens is 388 g/mol. The van der Waals surface area contributed by atoms with Crippen LogP contribution in [0.4, 0.5) is 11.4 Å². The molecule has 1 aliphatic heterocycles. The van der Waals surface area contributed by atoms with Crippen molar-refractivity contribution >= 4 is 38.9 Å². The van der Waals surface area contributed by atoms with Gasteiger partial charge in [0, 0.05) is 30.4 Å². The van der Waals surface area contributed by atoms with E-state index in [-0.39, 0.29) is 15.8 Å². The van der Waals surface area contributed by atoms with Crippen LogP contribution in [0.3, 0.4) is 0 Å². The average molecular weight is 409 g/mol. The van der Waals surface area contributed by atoms with Crippen LogP contribution in [0.25, 0.3) is 0 Å². The Bertz CT molecular complexity index is 976. The number of benzene rings is 2. The molecule has 0 aromatic heterocycles. The number of aryl methyl sites for hydroxylation is 1. The number of hydrogen-bond acceptors (Lipinski definition) is 4. The van der Waals surface area contributed by atoms with Crippen LogP contribution in [-0.2, 0) is 21.2 Å². The van der Waals surface area contributed by atoms with E-state index in [0.717, 1.165) is 17.7 Å². The van der Waals surface area contributed by atoms with Crippen LogP contribution in [0.5, 0.6) is 5.75 Å². The first kappa shape index (κ1) is 19.5. The lowest BCUT2D eigenvalue weighted by Gasteiger charge is -2.29. The van der Waals surface area contributed by atoms with E-state index in [4.69, 9.17) is 16.3 Å². The van der Waals surface area contributed by atoms with Gasteiger partial charge in [-0.2, -0.15) is 0 Å². The Kier molecular flexibility index (Phi) is 5.62. The van der Waals surface area contributed by atoms with Crippen LogP contribution in [0, 0.1) is 0 Å². The summed E-state index contributed by atoms with van der Waals surface area (Å²) in [6, 6.07) is 9.63. The molecule has 6 nitrogen and oxygen atoms in total. The fourth-order valence-corrected chi connectivity index (χ4v) is 4.71. The molecule has 0 spiro atoms. The molecule has 8 heteroatoms. The first-order chi connectivity index (χ1) is 12.9. The van der Waals surface area contributed by atoms with Crippen molar-refractivity contribution in [3.05, 3.63) is 47.0 Å². The number of halogens is 1. The Morgan fingerprint density at radius 3 is 2.63 bits per heavy atom. The molecule has 1 aliphatic rings. The van der Waals surface area contributed by atoms with Crippen molar-refractivity contribution in [1.29, 1.82) is 0 Å². The molecule has 1 heterocycles. The van der Waals surface area contributed by atoms with Gasteiger partial charge in [0.2, 0.25) is 5.91 Å². The first-order valence-electron chi connectivity index (χ1n) is 8.65. The molecule has 0 atom stereocenters. The van der Waals surface area contributed by atoms with Gasteiger partial charge in [0.1, 0.15) is 10.6 Å². The number of amides is 1. The number of methoxy groups -OCH3 is 1. The fraction of sp³-hybridized carbons (Fsp3) is 0.316. The quantitative estimate of drug-likeness (QED) is 0.787. The summed E-state index contributed by atoms with van der Waals surface area (Å²) in [5, 5.41) is 0.0829.